The van der Waals surface area contributed by atoms with Crippen molar-refractivity contribution >= 4 is 17.3 Å². The third-order valence-corrected chi connectivity index (χ3v) is 2.71. The van der Waals surface area contributed by atoms with Gasteiger partial charge in [-0.05, 0) is 37.3 Å². The average molecular weight is 251 g/mol. The van der Waals surface area contributed by atoms with Crippen LogP contribution in [0.1, 0.15) is 21.5 Å². The molecule has 0 amide bonds. The molecule has 94 valence electrons. The van der Waals surface area contributed by atoms with E-state index in [2.05, 4.69) is 11.2 Å². The predicted octanol–water partition coefficient (Wildman–Crippen LogP) is 3.42. The van der Waals surface area contributed by atoms with E-state index in [1.54, 1.807) is 18.2 Å². The standard InChI is InChI=1S/C16H13NO2/c1-3-12-5-4-6-13(10-12)17-15-8-7-11(2)9-14(15)16(18)19/h1,4-10,17H,2H3,(H,18,19). The third-order valence-electron chi connectivity index (χ3n) is 2.71. The first-order chi connectivity index (χ1) is 9.10. The summed E-state index contributed by atoms with van der Waals surface area (Å²) in [6.45, 7) is 1.86. The van der Waals surface area contributed by atoms with Crippen LogP contribution in [0.4, 0.5) is 11.4 Å². The molecule has 2 rings (SSSR count). The van der Waals surface area contributed by atoms with Gasteiger partial charge in [0.1, 0.15) is 0 Å². The fourth-order valence-corrected chi connectivity index (χ4v) is 1.79. The minimum atomic E-state index is -0.959. The second kappa shape index (κ2) is 5.28. The molecule has 0 heterocycles. The van der Waals surface area contributed by atoms with Crippen molar-refractivity contribution in [1.29, 1.82) is 0 Å². The molecule has 0 radical (unpaired) electrons. The summed E-state index contributed by atoms with van der Waals surface area (Å²) >= 11 is 0. The molecule has 2 aromatic carbocycles. The molecule has 0 aliphatic carbocycles. The Bertz CT molecular complexity index is 669. The zero-order chi connectivity index (χ0) is 13.8. The first-order valence-electron chi connectivity index (χ1n) is 5.78. The number of aromatic carboxylic acids is 1. The molecule has 0 bridgehead atoms. The summed E-state index contributed by atoms with van der Waals surface area (Å²) in [5, 5.41) is 12.3. The highest BCUT2D eigenvalue weighted by Crippen LogP contribution is 2.22. The maximum atomic E-state index is 11.2. The van der Waals surface area contributed by atoms with E-state index in [-0.39, 0.29) is 5.56 Å². The Kier molecular flexibility index (Phi) is 3.53. The van der Waals surface area contributed by atoms with E-state index < -0.39 is 5.97 Å². The third kappa shape index (κ3) is 2.93. The lowest BCUT2D eigenvalue weighted by Crippen LogP contribution is -2.03. The van der Waals surface area contributed by atoms with E-state index in [0.29, 0.717) is 5.69 Å². The summed E-state index contributed by atoms with van der Waals surface area (Å²) in [5.41, 5.74) is 3.20. The van der Waals surface area contributed by atoms with Crippen LogP contribution in [-0.2, 0) is 0 Å². The van der Waals surface area contributed by atoms with Gasteiger partial charge in [-0.2, -0.15) is 0 Å². The van der Waals surface area contributed by atoms with Gasteiger partial charge in [0, 0.05) is 11.3 Å². The fraction of sp³-hybridized carbons (Fsp3) is 0.0625. The Morgan fingerprint density at radius 2 is 2.05 bits per heavy atom. The van der Waals surface area contributed by atoms with E-state index >= 15 is 0 Å². The molecule has 0 fully saturated rings. The number of benzene rings is 2. The van der Waals surface area contributed by atoms with Crippen molar-refractivity contribution in [3.63, 3.8) is 0 Å². The summed E-state index contributed by atoms with van der Waals surface area (Å²) in [4.78, 5) is 11.2. The van der Waals surface area contributed by atoms with E-state index in [9.17, 15) is 9.90 Å². The molecular formula is C16H13NO2. The molecule has 0 spiro atoms. The first-order valence-corrected chi connectivity index (χ1v) is 5.78. The number of hydrogen-bond acceptors (Lipinski definition) is 2. The van der Waals surface area contributed by atoms with Gasteiger partial charge in [0.25, 0.3) is 0 Å². The molecule has 3 heteroatoms. The van der Waals surface area contributed by atoms with Gasteiger partial charge in [-0.3, -0.25) is 0 Å². The minimum Gasteiger partial charge on any atom is -0.478 e. The molecule has 0 unspecified atom stereocenters. The number of aryl methyl sites for hydroxylation is 1. The van der Waals surface area contributed by atoms with Gasteiger partial charge in [0.2, 0.25) is 0 Å². The van der Waals surface area contributed by atoms with Crippen molar-refractivity contribution in [2.45, 2.75) is 6.92 Å². The van der Waals surface area contributed by atoms with Gasteiger partial charge in [-0.25, -0.2) is 4.79 Å². The lowest BCUT2D eigenvalue weighted by atomic mass is 10.1. The van der Waals surface area contributed by atoms with Gasteiger partial charge in [-0.15, -0.1) is 6.42 Å². The highest BCUT2D eigenvalue weighted by atomic mass is 16.4. The molecule has 2 N–H and O–H groups in total. The molecule has 19 heavy (non-hydrogen) atoms. The van der Waals surface area contributed by atoms with Crippen molar-refractivity contribution in [2.24, 2.45) is 0 Å². The molecule has 0 saturated carbocycles. The lowest BCUT2D eigenvalue weighted by molar-refractivity contribution is 0.0698. The summed E-state index contributed by atoms with van der Waals surface area (Å²) in [7, 11) is 0. The van der Waals surface area contributed by atoms with Crippen LogP contribution in [0, 0.1) is 19.3 Å². The number of carboxylic acids is 1. The summed E-state index contributed by atoms with van der Waals surface area (Å²) in [6.07, 6.45) is 5.34. The van der Waals surface area contributed by atoms with Crippen molar-refractivity contribution in [3.05, 3.63) is 59.2 Å². The Morgan fingerprint density at radius 1 is 1.26 bits per heavy atom. The molecule has 0 aliphatic heterocycles. The Balaban J connectivity index is 2.38. The van der Waals surface area contributed by atoms with Crippen LogP contribution in [-0.4, -0.2) is 11.1 Å². The quantitative estimate of drug-likeness (QED) is 0.822. The molecule has 3 nitrogen and oxygen atoms in total. The second-order valence-corrected chi connectivity index (χ2v) is 4.20. The van der Waals surface area contributed by atoms with Crippen LogP contribution in [0.15, 0.2) is 42.5 Å². The highest BCUT2D eigenvalue weighted by Gasteiger charge is 2.10. The minimum absolute atomic E-state index is 0.242. The van der Waals surface area contributed by atoms with Gasteiger partial charge >= 0.3 is 5.97 Å². The number of carboxylic acid groups (broad SMARTS) is 1. The smallest absolute Gasteiger partial charge is 0.337 e. The van der Waals surface area contributed by atoms with Crippen molar-refractivity contribution in [1.82, 2.24) is 0 Å². The summed E-state index contributed by atoms with van der Waals surface area (Å²) in [5.74, 6) is 1.58. The van der Waals surface area contributed by atoms with Crippen molar-refractivity contribution in [3.8, 4) is 12.3 Å². The van der Waals surface area contributed by atoms with Crippen molar-refractivity contribution in [2.75, 3.05) is 5.32 Å². The topological polar surface area (TPSA) is 49.3 Å². The number of terminal acetylenes is 1. The maximum absolute atomic E-state index is 11.2. The van der Waals surface area contributed by atoms with Crippen LogP contribution in [0.3, 0.4) is 0 Å². The Morgan fingerprint density at radius 3 is 2.74 bits per heavy atom. The van der Waals surface area contributed by atoms with Crippen molar-refractivity contribution < 1.29 is 9.90 Å². The van der Waals surface area contributed by atoms with E-state index in [0.717, 1.165) is 16.8 Å². The molecular weight excluding hydrogens is 238 g/mol. The highest BCUT2D eigenvalue weighted by molar-refractivity contribution is 5.95. The zero-order valence-electron chi connectivity index (χ0n) is 10.5. The zero-order valence-corrected chi connectivity index (χ0v) is 10.5. The van der Waals surface area contributed by atoms with Gasteiger partial charge in [-0.1, -0.05) is 23.6 Å². The fourth-order valence-electron chi connectivity index (χ4n) is 1.79. The molecule has 2 aromatic rings. The number of anilines is 2. The second-order valence-electron chi connectivity index (χ2n) is 4.20. The van der Waals surface area contributed by atoms with Gasteiger partial charge in [0.15, 0.2) is 0 Å². The maximum Gasteiger partial charge on any atom is 0.337 e. The van der Waals surface area contributed by atoms with Crippen LogP contribution in [0.5, 0.6) is 0 Å². The first kappa shape index (κ1) is 12.7. The van der Waals surface area contributed by atoms with E-state index in [1.165, 1.54) is 0 Å². The lowest BCUT2D eigenvalue weighted by Gasteiger charge is -2.10. The largest absolute Gasteiger partial charge is 0.478 e. The van der Waals surface area contributed by atoms with Crippen LogP contribution in [0.25, 0.3) is 0 Å². The molecule has 0 aromatic heterocycles. The number of carbonyl (C=O) groups is 1. The summed E-state index contributed by atoms with van der Waals surface area (Å²) < 4.78 is 0. The summed E-state index contributed by atoms with van der Waals surface area (Å²) in [6, 6.07) is 12.5. The molecule has 0 aliphatic rings. The number of nitrogens with one attached hydrogen (secondary N) is 1. The van der Waals surface area contributed by atoms with Crippen LogP contribution >= 0.6 is 0 Å². The van der Waals surface area contributed by atoms with E-state index in [1.807, 2.05) is 31.2 Å². The Labute approximate surface area is 111 Å². The predicted molar refractivity (Wildman–Crippen MR) is 75.8 cm³/mol. The normalized spacial score (nSPS) is 9.68. The number of rotatable bonds is 3. The molecule has 0 saturated heterocycles. The Hall–Kier alpha value is -2.73. The van der Waals surface area contributed by atoms with Gasteiger partial charge < -0.3 is 10.4 Å². The van der Waals surface area contributed by atoms with Crippen LogP contribution in [0.2, 0.25) is 0 Å². The SMILES string of the molecule is C#Cc1cccc(Nc2ccc(C)cc2C(=O)O)c1. The van der Waals surface area contributed by atoms with Gasteiger partial charge in [0.05, 0.1) is 11.3 Å². The average Bonchev–Trinajstić information content (AvgIpc) is 2.41. The van der Waals surface area contributed by atoms with E-state index in [4.69, 9.17) is 6.42 Å². The monoisotopic (exact) mass is 251 g/mol. The number of hydrogen-bond donors (Lipinski definition) is 2. The molecule has 0 atom stereocenters. The van der Waals surface area contributed by atoms with Crippen LogP contribution < -0.4 is 5.32 Å².